The lowest BCUT2D eigenvalue weighted by Crippen LogP contribution is -2.45. The van der Waals surface area contributed by atoms with E-state index in [2.05, 4.69) is 66.3 Å². The van der Waals surface area contributed by atoms with Crippen molar-refractivity contribution in [2.45, 2.75) is 58.5 Å². The van der Waals surface area contributed by atoms with Crippen LogP contribution < -0.4 is 5.32 Å². The topological polar surface area (TPSA) is 12.0 Å². The molecule has 0 aromatic heterocycles. The summed E-state index contributed by atoms with van der Waals surface area (Å²) in [6, 6.07) is 9.74. The van der Waals surface area contributed by atoms with E-state index in [1.165, 1.54) is 31.2 Å². The monoisotopic (exact) mass is 309 g/mol. The van der Waals surface area contributed by atoms with E-state index in [0.29, 0.717) is 17.5 Å². The highest BCUT2D eigenvalue weighted by molar-refractivity contribution is 9.10. The average molecular weight is 310 g/mol. The van der Waals surface area contributed by atoms with Crippen molar-refractivity contribution < 1.29 is 0 Å². The second kappa shape index (κ2) is 5.75. The van der Waals surface area contributed by atoms with Crippen molar-refractivity contribution in [1.29, 1.82) is 0 Å². The standard InChI is InChI=1S/C16H24BrN/c1-12(13-7-9-14(17)10-8-13)18-15-6-4-5-11-16(15,2)3/h7-10,12,15,18H,4-6,11H2,1-3H3/t12-,15?/m0/s1. The van der Waals surface area contributed by atoms with Crippen LogP contribution >= 0.6 is 15.9 Å². The molecule has 0 bridgehead atoms. The largest absolute Gasteiger partial charge is 0.307 e. The first-order chi connectivity index (χ1) is 8.49. The van der Waals surface area contributed by atoms with Crippen LogP contribution in [0, 0.1) is 5.41 Å². The summed E-state index contributed by atoms with van der Waals surface area (Å²) < 4.78 is 1.15. The number of halogens is 1. The summed E-state index contributed by atoms with van der Waals surface area (Å²) in [7, 11) is 0. The Kier molecular flexibility index (Phi) is 4.50. The van der Waals surface area contributed by atoms with Gasteiger partial charge in [-0.25, -0.2) is 0 Å². The molecular weight excluding hydrogens is 286 g/mol. The quantitative estimate of drug-likeness (QED) is 0.822. The molecule has 1 saturated carbocycles. The van der Waals surface area contributed by atoms with Crippen molar-refractivity contribution >= 4 is 15.9 Å². The molecule has 1 fully saturated rings. The molecule has 100 valence electrons. The molecule has 0 saturated heterocycles. The number of rotatable bonds is 3. The van der Waals surface area contributed by atoms with Crippen molar-refractivity contribution in [3.8, 4) is 0 Å². The van der Waals surface area contributed by atoms with Crippen LogP contribution in [0.3, 0.4) is 0 Å². The Hall–Kier alpha value is -0.340. The van der Waals surface area contributed by atoms with E-state index in [4.69, 9.17) is 0 Å². The van der Waals surface area contributed by atoms with Gasteiger partial charge >= 0.3 is 0 Å². The molecule has 2 atom stereocenters. The predicted octanol–water partition coefficient (Wildman–Crippen LogP) is 5.07. The van der Waals surface area contributed by atoms with Gasteiger partial charge in [-0.05, 0) is 42.9 Å². The van der Waals surface area contributed by atoms with E-state index in [1.807, 2.05) is 0 Å². The van der Waals surface area contributed by atoms with E-state index < -0.39 is 0 Å². The van der Waals surface area contributed by atoms with Gasteiger partial charge in [0.15, 0.2) is 0 Å². The van der Waals surface area contributed by atoms with Gasteiger partial charge in [-0.2, -0.15) is 0 Å². The average Bonchev–Trinajstić information content (AvgIpc) is 2.32. The molecule has 0 heterocycles. The fourth-order valence-corrected chi connectivity index (χ4v) is 3.22. The third-order valence-corrected chi connectivity index (χ3v) is 4.86. The van der Waals surface area contributed by atoms with Crippen LogP contribution in [0.4, 0.5) is 0 Å². The maximum Gasteiger partial charge on any atom is 0.0294 e. The van der Waals surface area contributed by atoms with Gasteiger partial charge in [0.2, 0.25) is 0 Å². The van der Waals surface area contributed by atoms with Gasteiger partial charge in [0.25, 0.3) is 0 Å². The van der Waals surface area contributed by atoms with Gasteiger partial charge in [-0.1, -0.05) is 54.8 Å². The third kappa shape index (κ3) is 3.36. The fraction of sp³-hybridized carbons (Fsp3) is 0.625. The molecular formula is C16H24BrN. The van der Waals surface area contributed by atoms with Crippen LogP contribution in [0.25, 0.3) is 0 Å². The van der Waals surface area contributed by atoms with Crippen LogP contribution in [0.1, 0.15) is 58.1 Å². The molecule has 1 aliphatic rings. The highest BCUT2D eigenvalue weighted by Gasteiger charge is 2.32. The van der Waals surface area contributed by atoms with Gasteiger partial charge in [0.05, 0.1) is 0 Å². The highest BCUT2D eigenvalue weighted by atomic mass is 79.9. The minimum absolute atomic E-state index is 0.431. The van der Waals surface area contributed by atoms with E-state index >= 15 is 0 Å². The SMILES string of the molecule is C[C@H](NC1CCCCC1(C)C)c1ccc(Br)cc1. The Morgan fingerprint density at radius 3 is 2.50 bits per heavy atom. The number of nitrogens with one attached hydrogen (secondary N) is 1. The van der Waals surface area contributed by atoms with Gasteiger partial charge in [0, 0.05) is 16.6 Å². The van der Waals surface area contributed by atoms with E-state index in [1.54, 1.807) is 0 Å². The molecule has 1 aromatic rings. The summed E-state index contributed by atoms with van der Waals surface area (Å²) in [5.41, 5.74) is 1.81. The Labute approximate surface area is 119 Å². The molecule has 0 aliphatic heterocycles. The Morgan fingerprint density at radius 2 is 1.89 bits per heavy atom. The summed E-state index contributed by atoms with van der Waals surface area (Å²) in [5.74, 6) is 0. The predicted molar refractivity (Wildman–Crippen MR) is 81.7 cm³/mol. The van der Waals surface area contributed by atoms with Crippen LogP contribution in [0.2, 0.25) is 0 Å². The maximum absolute atomic E-state index is 3.83. The Bertz CT molecular complexity index is 383. The maximum atomic E-state index is 3.83. The van der Waals surface area contributed by atoms with Gasteiger partial charge in [-0.15, -0.1) is 0 Å². The summed E-state index contributed by atoms with van der Waals surface area (Å²) >= 11 is 3.49. The van der Waals surface area contributed by atoms with Crippen molar-refractivity contribution in [2.24, 2.45) is 5.41 Å². The number of hydrogen-bond acceptors (Lipinski definition) is 1. The molecule has 1 nitrogen and oxygen atoms in total. The van der Waals surface area contributed by atoms with E-state index in [-0.39, 0.29) is 0 Å². The lowest BCUT2D eigenvalue weighted by atomic mass is 9.73. The summed E-state index contributed by atoms with van der Waals surface area (Å²) in [6.45, 7) is 7.07. The van der Waals surface area contributed by atoms with Crippen LogP contribution in [-0.2, 0) is 0 Å². The number of hydrogen-bond donors (Lipinski definition) is 1. The van der Waals surface area contributed by atoms with Crippen molar-refractivity contribution in [3.63, 3.8) is 0 Å². The molecule has 2 rings (SSSR count). The van der Waals surface area contributed by atoms with Crippen molar-refractivity contribution in [2.75, 3.05) is 0 Å². The van der Waals surface area contributed by atoms with Gasteiger partial charge < -0.3 is 5.32 Å². The Balaban J connectivity index is 2.02. The van der Waals surface area contributed by atoms with E-state index in [9.17, 15) is 0 Å². The normalized spacial score (nSPS) is 24.8. The van der Waals surface area contributed by atoms with Crippen LogP contribution in [-0.4, -0.2) is 6.04 Å². The minimum Gasteiger partial charge on any atom is -0.307 e. The van der Waals surface area contributed by atoms with Gasteiger partial charge in [-0.3, -0.25) is 0 Å². The zero-order chi connectivity index (χ0) is 13.2. The molecule has 1 N–H and O–H groups in total. The molecule has 0 radical (unpaired) electrons. The summed E-state index contributed by atoms with van der Waals surface area (Å²) in [6.07, 6.45) is 5.41. The highest BCUT2D eigenvalue weighted by Crippen LogP contribution is 2.36. The zero-order valence-corrected chi connectivity index (χ0v) is 13.3. The second-order valence-corrected chi connectivity index (χ2v) is 7.14. The first-order valence-electron chi connectivity index (χ1n) is 7.00. The molecule has 1 aliphatic carbocycles. The van der Waals surface area contributed by atoms with Gasteiger partial charge in [0.1, 0.15) is 0 Å². The summed E-state index contributed by atoms with van der Waals surface area (Å²) in [5, 5.41) is 3.83. The third-order valence-electron chi connectivity index (χ3n) is 4.33. The minimum atomic E-state index is 0.431. The fourth-order valence-electron chi connectivity index (χ4n) is 2.95. The molecule has 18 heavy (non-hydrogen) atoms. The zero-order valence-electron chi connectivity index (χ0n) is 11.7. The Morgan fingerprint density at radius 1 is 1.22 bits per heavy atom. The first kappa shape index (κ1) is 14.1. The van der Waals surface area contributed by atoms with Crippen LogP contribution in [0.5, 0.6) is 0 Å². The van der Waals surface area contributed by atoms with Crippen molar-refractivity contribution in [3.05, 3.63) is 34.3 Å². The lowest BCUT2D eigenvalue weighted by molar-refractivity contribution is 0.157. The smallest absolute Gasteiger partial charge is 0.0294 e. The van der Waals surface area contributed by atoms with E-state index in [0.717, 1.165) is 4.47 Å². The number of benzene rings is 1. The second-order valence-electron chi connectivity index (χ2n) is 6.23. The summed E-state index contributed by atoms with van der Waals surface area (Å²) in [4.78, 5) is 0. The molecule has 0 spiro atoms. The molecule has 0 amide bonds. The molecule has 2 heteroatoms. The lowest BCUT2D eigenvalue weighted by Gasteiger charge is -2.40. The molecule has 1 unspecified atom stereocenters. The van der Waals surface area contributed by atoms with Crippen molar-refractivity contribution in [1.82, 2.24) is 5.32 Å². The van der Waals surface area contributed by atoms with Crippen LogP contribution in [0.15, 0.2) is 28.7 Å². The molecule has 1 aromatic carbocycles. The first-order valence-corrected chi connectivity index (χ1v) is 7.80.